The van der Waals surface area contributed by atoms with Gasteiger partial charge in [0.05, 0.1) is 16.3 Å². The Morgan fingerprint density at radius 2 is 2.25 bits per heavy atom. The Morgan fingerprint density at radius 3 is 2.90 bits per heavy atom. The van der Waals surface area contributed by atoms with Gasteiger partial charge in [0.15, 0.2) is 0 Å². The third-order valence-electron chi connectivity index (χ3n) is 2.95. The number of carbonyl (C=O) groups is 1. The largest absolute Gasteiger partial charge is 0.478 e. The van der Waals surface area contributed by atoms with Gasteiger partial charge in [-0.05, 0) is 36.2 Å². The Morgan fingerprint density at radius 1 is 1.50 bits per heavy atom. The summed E-state index contributed by atoms with van der Waals surface area (Å²) in [5, 5.41) is 12.5. The molecule has 0 amide bonds. The zero-order valence-corrected chi connectivity index (χ0v) is 11.6. The van der Waals surface area contributed by atoms with E-state index in [0.29, 0.717) is 17.9 Å². The first-order valence-electron chi connectivity index (χ1n) is 5.94. The first-order chi connectivity index (χ1) is 9.49. The van der Waals surface area contributed by atoms with Gasteiger partial charge in [-0.25, -0.2) is 4.79 Å². The fraction of sp³-hybridized carbons (Fsp3) is 0.143. The van der Waals surface area contributed by atoms with Gasteiger partial charge in [-0.3, -0.25) is 4.98 Å². The molecule has 1 aromatic carbocycles. The second-order valence-electron chi connectivity index (χ2n) is 4.39. The van der Waals surface area contributed by atoms with Gasteiger partial charge in [-0.15, -0.1) is 0 Å². The van der Waals surface area contributed by atoms with Crippen molar-refractivity contribution in [2.75, 3.05) is 11.1 Å². The van der Waals surface area contributed by atoms with E-state index >= 15 is 0 Å². The quantitative estimate of drug-likeness (QED) is 0.754. The number of nitrogens with two attached hydrogens (primary N) is 1. The molecule has 1 heterocycles. The minimum atomic E-state index is -1.08. The van der Waals surface area contributed by atoms with Crippen LogP contribution in [0.25, 0.3) is 0 Å². The fourth-order valence-corrected chi connectivity index (χ4v) is 2.14. The van der Waals surface area contributed by atoms with Crippen LogP contribution in [-0.2, 0) is 6.54 Å². The van der Waals surface area contributed by atoms with Crippen LogP contribution in [0, 0.1) is 6.92 Å². The van der Waals surface area contributed by atoms with E-state index in [1.54, 1.807) is 12.4 Å². The first kappa shape index (κ1) is 14.1. The summed E-state index contributed by atoms with van der Waals surface area (Å²) in [7, 11) is 0. The number of halogens is 1. The molecule has 0 bridgehead atoms. The molecule has 5 nitrogen and oxygen atoms in total. The van der Waals surface area contributed by atoms with Gasteiger partial charge in [-0.1, -0.05) is 11.6 Å². The topological polar surface area (TPSA) is 88.2 Å². The predicted octanol–water partition coefficient (Wildman–Crippen LogP) is 2.94. The van der Waals surface area contributed by atoms with Crippen LogP contribution in [0.4, 0.5) is 11.4 Å². The Kier molecular flexibility index (Phi) is 4.10. The lowest BCUT2D eigenvalue weighted by atomic mass is 10.1. The highest BCUT2D eigenvalue weighted by atomic mass is 35.5. The molecular formula is C14H14ClN3O2. The van der Waals surface area contributed by atoms with Crippen LogP contribution in [0.2, 0.25) is 5.02 Å². The number of benzene rings is 1. The third kappa shape index (κ3) is 3.00. The molecule has 0 aliphatic rings. The number of aryl methyl sites for hydroxylation is 1. The minimum Gasteiger partial charge on any atom is -0.478 e. The lowest BCUT2D eigenvalue weighted by molar-refractivity contribution is 0.0698. The van der Waals surface area contributed by atoms with Crippen molar-refractivity contribution in [3.8, 4) is 0 Å². The molecule has 0 atom stereocenters. The highest BCUT2D eigenvalue weighted by molar-refractivity contribution is 6.34. The summed E-state index contributed by atoms with van der Waals surface area (Å²) >= 11 is 6.06. The van der Waals surface area contributed by atoms with Crippen LogP contribution in [0.1, 0.15) is 21.5 Å². The number of carboxylic acid groups (broad SMARTS) is 1. The summed E-state index contributed by atoms with van der Waals surface area (Å²) in [6, 6.07) is 4.79. The van der Waals surface area contributed by atoms with E-state index in [1.165, 1.54) is 12.1 Å². The molecule has 0 fully saturated rings. The third-order valence-corrected chi connectivity index (χ3v) is 3.24. The van der Waals surface area contributed by atoms with Gasteiger partial charge >= 0.3 is 5.97 Å². The molecule has 6 heteroatoms. The molecule has 0 radical (unpaired) electrons. The molecule has 2 rings (SSSR count). The zero-order chi connectivity index (χ0) is 14.7. The molecule has 20 heavy (non-hydrogen) atoms. The average molecular weight is 292 g/mol. The van der Waals surface area contributed by atoms with Crippen LogP contribution in [0.15, 0.2) is 30.6 Å². The number of carboxylic acids is 1. The second-order valence-corrected chi connectivity index (χ2v) is 4.79. The van der Waals surface area contributed by atoms with Crippen LogP contribution < -0.4 is 11.1 Å². The lowest BCUT2D eigenvalue weighted by Gasteiger charge is -2.13. The molecular weight excluding hydrogens is 278 g/mol. The van der Waals surface area contributed by atoms with Crippen molar-refractivity contribution >= 4 is 28.9 Å². The number of pyridine rings is 1. The van der Waals surface area contributed by atoms with Crippen molar-refractivity contribution < 1.29 is 9.90 Å². The molecule has 1 aromatic heterocycles. The number of aromatic nitrogens is 1. The van der Waals surface area contributed by atoms with Crippen molar-refractivity contribution in [3.05, 3.63) is 52.3 Å². The fourth-order valence-electron chi connectivity index (χ4n) is 1.84. The summed E-state index contributed by atoms with van der Waals surface area (Å²) in [5.74, 6) is -1.08. The summed E-state index contributed by atoms with van der Waals surface area (Å²) in [4.78, 5) is 15.3. The highest BCUT2D eigenvalue weighted by Gasteiger charge is 2.14. The summed E-state index contributed by atoms with van der Waals surface area (Å²) in [5.41, 5.74) is 8.37. The molecule has 0 saturated heterocycles. The molecule has 0 saturated carbocycles. The van der Waals surface area contributed by atoms with E-state index in [0.717, 1.165) is 11.1 Å². The van der Waals surface area contributed by atoms with E-state index < -0.39 is 5.97 Å². The number of hydrogen-bond donors (Lipinski definition) is 3. The SMILES string of the molecule is Cc1ccncc1CNc1c(Cl)cc(N)cc1C(=O)O. The number of nitrogens with zero attached hydrogens (tertiary/aromatic N) is 1. The monoisotopic (exact) mass is 291 g/mol. The molecule has 2 aromatic rings. The van der Waals surface area contributed by atoms with Crippen LogP contribution in [-0.4, -0.2) is 16.1 Å². The number of rotatable bonds is 4. The van der Waals surface area contributed by atoms with Gasteiger partial charge in [0.25, 0.3) is 0 Å². The van der Waals surface area contributed by atoms with E-state index in [2.05, 4.69) is 10.3 Å². The Labute approximate surface area is 121 Å². The van der Waals surface area contributed by atoms with Gasteiger partial charge in [0.1, 0.15) is 0 Å². The number of hydrogen-bond acceptors (Lipinski definition) is 4. The zero-order valence-electron chi connectivity index (χ0n) is 10.9. The Balaban J connectivity index is 2.30. The predicted molar refractivity (Wildman–Crippen MR) is 79.1 cm³/mol. The van der Waals surface area contributed by atoms with Gasteiger partial charge in [0, 0.05) is 24.6 Å². The number of nitrogen functional groups attached to an aromatic ring is 1. The number of nitrogens with one attached hydrogen (secondary N) is 1. The average Bonchev–Trinajstić information content (AvgIpc) is 2.38. The lowest BCUT2D eigenvalue weighted by Crippen LogP contribution is -2.09. The van der Waals surface area contributed by atoms with Crippen LogP contribution in [0.3, 0.4) is 0 Å². The van der Waals surface area contributed by atoms with Gasteiger partial charge < -0.3 is 16.2 Å². The smallest absolute Gasteiger partial charge is 0.337 e. The minimum absolute atomic E-state index is 0.0524. The van der Waals surface area contributed by atoms with E-state index in [1.807, 2.05) is 13.0 Å². The summed E-state index contributed by atoms with van der Waals surface area (Å²) in [6.07, 6.45) is 3.44. The summed E-state index contributed by atoms with van der Waals surface area (Å²) < 4.78 is 0. The van der Waals surface area contributed by atoms with Crippen LogP contribution in [0.5, 0.6) is 0 Å². The molecule has 104 valence electrons. The van der Waals surface area contributed by atoms with Crippen LogP contribution >= 0.6 is 11.6 Å². The van der Waals surface area contributed by atoms with Crippen molar-refractivity contribution in [3.63, 3.8) is 0 Å². The van der Waals surface area contributed by atoms with E-state index in [9.17, 15) is 9.90 Å². The second kappa shape index (κ2) is 5.79. The maximum Gasteiger partial charge on any atom is 0.337 e. The van der Waals surface area contributed by atoms with E-state index in [4.69, 9.17) is 17.3 Å². The van der Waals surface area contributed by atoms with E-state index in [-0.39, 0.29) is 10.6 Å². The van der Waals surface area contributed by atoms with Crippen molar-refractivity contribution in [1.29, 1.82) is 0 Å². The van der Waals surface area contributed by atoms with Crippen molar-refractivity contribution in [2.45, 2.75) is 13.5 Å². The maximum atomic E-state index is 11.2. The maximum absolute atomic E-state index is 11.2. The Bertz CT molecular complexity index is 659. The van der Waals surface area contributed by atoms with Crippen molar-refractivity contribution in [2.24, 2.45) is 0 Å². The normalized spacial score (nSPS) is 10.3. The van der Waals surface area contributed by atoms with Crippen molar-refractivity contribution in [1.82, 2.24) is 4.98 Å². The number of aromatic carboxylic acids is 1. The number of anilines is 2. The molecule has 0 aliphatic carbocycles. The molecule has 0 aliphatic heterocycles. The molecule has 0 unspecified atom stereocenters. The first-order valence-corrected chi connectivity index (χ1v) is 6.32. The van der Waals surface area contributed by atoms with Gasteiger partial charge in [0.2, 0.25) is 0 Å². The molecule has 4 N–H and O–H groups in total. The summed E-state index contributed by atoms with van der Waals surface area (Å²) in [6.45, 7) is 2.39. The standard InChI is InChI=1S/C14H14ClN3O2/c1-8-2-3-17-6-9(8)7-18-13-11(14(19)20)4-10(16)5-12(13)15/h2-6,18H,7,16H2,1H3,(H,19,20). The highest BCUT2D eigenvalue weighted by Crippen LogP contribution is 2.29. The Hall–Kier alpha value is -2.27. The van der Waals surface area contributed by atoms with Gasteiger partial charge in [-0.2, -0.15) is 0 Å². The molecule has 0 spiro atoms.